The monoisotopic (exact) mass is 337 g/mol. The minimum absolute atomic E-state index is 0.0316. The van der Waals surface area contributed by atoms with Crippen LogP contribution in [0.1, 0.15) is 31.4 Å². The molecular weight excluding hydrogens is 318 g/mol. The highest BCUT2D eigenvalue weighted by Crippen LogP contribution is 2.36. The molecule has 2 aliphatic heterocycles. The van der Waals surface area contributed by atoms with Gasteiger partial charge in [0.25, 0.3) is 0 Å². The van der Waals surface area contributed by atoms with E-state index in [4.69, 9.17) is 5.73 Å². The maximum Gasteiger partial charge on any atom is 0.225 e. The van der Waals surface area contributed by atoms with Gasteiger partial charge in [-0.1, -0.05) is 6.07 Å². The number of hydrogen-bond acceptors (Lipinski definition) is 3. The summed E-state index contributed by atoms with van der Waals surface area (Å²) in [5, 5.41) is 2.99. The minimum atomic E-state index is 0.0316. The molecule has 108 valence electrons. The number of carbonyl (C=O) groups excluding carboxylic acids is 1. The Morgan fingerprint density at radius 1 is 1.50 bits per heavy atom. The molecule has 0 aliphatic carbocycles. The van der Waals surface area contributed by atoms with Crippen molar-refractivity contribution in [2.45, 2.75) is 31.8 Å². The molecule has 2 aliphatic rings. The first-order valence-corrected chi connectivity index (χ1v) is 7.96. The summed E-state index contributed by atoms with van der Waals surface area (Å²) in [5.41, 5.74) is 8.21. The first-order chi connectivity index (χ1) is 9.58. The van der Waals surface area contributed by atoms with Gasteiger partial charge < -0.3 is 16.0 Å². The summed E-state index contributed by atoms with van der Waals surface area (Å²) in [4.78, 5) is 14.2. The van der Waals surface area contributed by atoms with E-state index in [0.29, 0.717) is 0 Å². The van der Waals surface area contributed by atoms with Crippen LogP contribution in [0.5, 0.6) is 0 Å². The second-order valence-corrected chi connectivity index (χ2v) is 6.61. The van der Waals surface area contributed by atoms with Crippen molar-refractivity contribution in [3.8, 4) is 0 Å². The van der Waals surface area contributed by atoms with Gasteiger partial charge in [0.1, 0.15) is 0 Å². The fourth-order valence-electron chi connectivity index (χ4n) is 3.29. The highest BCUT2D eigenvalue weighted by molar-refractivity contribution is 9.10. The molecule has 3 N–H and O–H groups in total. The number of benzene rings is 1. The van der Waals surface area contributed by atoms with E-state index in [-0.39, 0.29) is 23.9 Å². The van der Waals surface area contributed by atoms with Gasteiger partial charge in [-0.25, -0.2) is 0 Å². The summed E-state index contributed by atoms with van der Waals surface area (Å²) in [5.74, 6) is 0.354. The average molecular weight is 338 g/mol. The van der Waals surface area contributed by atoms with Crippen LogP contribution in [0.4, 0.5) is 5.69 Å². The molecule has 0 bridgehead atoms. The molecule has 20 heavy (non-hydrogen) atoms. The summed E-state index contributed by atoms with van der Waals surface area (Å²) < 4.78 is 1.06. The first-order valence-electron chi connectivity index (χ1n) is 7.17. The Morgan fingerprint density at radius 3 is 3.00 bits per heavy atom. The van der Waals surface area contributed by atoms with Crippen molar-refractivity contribution in [1.82, 2.24) is 5.32 Å². The largest absolute Gasteiger partial charge is 0.365 e. The van der Waals surface area contributed by atoms with Gasteiger partial charge in [0.2, 0.25) is 5.91 Å². The number of hydrogen-bond donors (Lipinski definition) is 2. The molecule has 2 fully saturated rings. The van der Waals surface area contributed by atoms with Crippen LogP contribution in [-0.2, 0) is 4.79 Å². The number of nitrogens with two attached hydrogens (primary N) is 1. The van der Waals surface area contributed by atoms with Crippen LogP contribution < -0.4 is 16.0 Å². The van der Waals surface area contributed by atoms with Crippen molar-refractivity contribution in [3.63, 3.8) is 0 Å². The average Bonchev–Trinajstić information content (AvgIpc) is 2.81. The molecule has 1 aromatic rings. The second-order valence-electron chi connectivity index (χ2n) is 5.75. The van der Waals surface area contributed by atoms with E-state index >= 15 is 0 Å². The Kier molecular flexibility index (Phi) is 3.73. The number of amides is 1. The number of piperidine rings is 1. The van der Waals surface area contributed by atoms with Crippen LogP contribution in [-0.4, -0.2) is 25.0 Å². The number of fused-ring (bicyclic) bond motifs is 1. The lowest BCUT2D eigenvalue weighted by Crippen LogP contribution is -2.45. The Morgan fingerprint density at radius 2 is 2.30 bits per heavy atom. The third kappa shape index (κ3) is 2.33. The summed E-state index contributed by atoms with van der Waals surface area (Å²) in [6.07, 6.45) is 2.07. The van der Waals surface area contributed by atoms with Crippen LogP contribution in [0.25, 0.3) is 0 Å². The third-order valence-electron chi connectivity index (χ3n) is 4.41. The minimum Gasteiger partial charge on any atom is -0.365 e. The highest BCUT2D eigenvalue weighted by atomic mass is 79.9. The lowest BCUT2D eigenvalue weighted by atomic mass is 9.91. The molecule has 3 rings (SSSR count). The van der Waals surface area contributed by atoms with Gasteiger partial charge in [0.05, 0.1) is 17.6 Å². The molecule has 0 aromatic heterocycles. The van der Waals surface area contributed by atoms with E-state index in [1.165, 1.54) is 5.69 Å². The van der Waals surface area contributed by atoms with Gasteiger partial charge in [-0.3, -0.25) is 4.79 Å². The quantitative estimate of drug-likeness (QED) is 0.869. The normalized spacial score (nSPS) is 27.1. The zero-order valence-electron chi connectivity index (χ0n) is 11.6. The molecule has 2 heterocycles. The molecule has 0 saturated carbocycles. The molecular formula is C15H20BrN3O. The van der Waals surface area contributed by atoms with E-state index < -0.39 is 0 Å². The smallest absolute Gasteiger partial charge is 0.225 e. The van der Waals surface area contributed by atoms with Crippen molar-refractivity contribution < 1.29 is 4.79 Å². The number of rotatable bonds is 2. The molecule has 1 amide bonds. The zero-order chi connectivity index (χ0) is 14.3. The number of carbonyl (C=O) groups is 1. The zero-order valence-corrected chi connectivity index (χ0v) is 13.2. The summed E-state index contributed by atoms with van der Waals surface area (Å²) >= 11 is 3.66. The van der Waals surface area contributed by atoms with Crippen LogP contribution in [0, 0.1) is 5.92 Å². The molecule has 5 heteroatoms. The van der Waals surface area contributed by atoms with Gasteiger partial charge >= 0.3 is 0 Å². The number of halogens is 1. The molecule has 0 radical (unpaired) electrons. The molecule has 3 atom stereocenters. The Hall–Kier alpha value is -1.07. The van der Waals surface area contributed by atoms with E-state index in [0.717, 1.165) is 36.0 Å². The molecule has 4 nitrogen and oxygen atoms in total. The first kappa shape index (κ1) is 13.9. The van der Waals surface area contributed by atoms with Gasteiger partial charge in [-0.05, 0) is 53.4 Å². The third-order valence-corrected chi connectivity index (χ3v) is 5.04. The van der Waals surface area contributed by atoms with Crippen LogP contribution in [0.2, 0.25) is 0 Å². The number of anilines is 1. The molecule has 2 saturated heterocycles. The standard InChI is InChI=1S/C15H20BrN3O/c1-9(17)10-4-5-13(12(16)7-10)19-6-2-3-11-14(19)8-18-15(11)20/h4-5,7,9,11,14H,2-3,6,8,17H2,1H3,(H,18,20). The predicted molar refractivity (Wildman–Crippen MR) is 83.6 cm³/mol. The van der Waals surface area contributed by atoms with Gasteiger partial charge in [-0.2, -0.15) is 0 Å². The molecule has 3 unspecified atom stereocenters. The van der Waals surface area contributed by atoms with Crippen LogP contribution in [0.15, 0.2) is 22.7 Å². The van der Waals surface area contributed by atoms with Crippen molar-refractivity contribution in [3.05, 3.63) is 28.2 Å². The van der Waals surface area contributed by atoms with Crippen LogP contribution >= 0.6 is 15.9 Å². The second kappa shape index (κ2) is 5.37. The van der Waals surface area contributed by atoms with Crippen LogP contribution in [0.3, 0.4) is 0 Å². The highest BCUT2D eigenvalue weighted by Gasteiger charge is 2.41. The summed E-state index contributed by atoms with van der Waals surface area (Å²) in [6, 6.07) is 6.61. The van der Waals surface area contributed by atoms with Crippen molar-refractivity contribution >= 4 is 27.5 Å². The van der Waals surface area contributed by atoms with Crippen molar-refractivity contribution in [1.29, 1.82) is 0 Å². The van der Waals surface area contributed by atoms with Gasteiger partial charge in [0, 0.05) is 23.6 Å². The van der Waals surface area contributed by atoms with E-state index in [1.807, 2.05) is 6.92 Å². The van der Waals surface area contributed by atoms with E-state index in [9.17, 15) is 4.79 Å². The lowest BCUT2D eigenvalue weighted by Gasteiger charge is -2.38. The maximum atomic E-state index is 11.8. The van der Waals surface area contributed by atoms with E-state index in [1.54, 1.807) is 0 Å². The predicted octanol–water partition coefficient (Wildman–Crippen LogP) is 2.18. The Bertz CT molecular complexity index is 532. The Labute approximate surface area is 127 Å². The number of nitrogens with one attached hydrogen (secondary N) is 1. The fourth-order valence-corrected chi connectivity index (χ4v) is 3.91. The van der Waals surface area contributed by atoms with E-state index in [2.05, 4.69) is 44.3 Å². The van der Waals surface area contributed by atoms with Gasteiger partial charge in [-0.15, -0.1) is 0 Å². The SMILES string of the molecule is CC(N)c1ccc(N2CCCC3C(=O)NCC32)c(Br)c1. The maximum absolute atomic E-state index is 11.8. The number of nitrogens with zero attached hydrogens (tertiary/aromatic N) is 1. The van der Waals surface area contributed by atoms with Gasteiger partial charge in [0.15, 0.2) is 0 Å². The summed E-state index contributed by atoms with van der Waals surface area (Å²) in [7, 11) is 0. The summed E-state index contributed by atoms with van der Waals surface area (Å²) in [6.45, 7) is 3.75. The van der Waals surface area contributed by atoms with Crippen molar-refractivity contribution in [2.24, 2.45) is 11.7 Å². The Balaban J connectivity index is 1.90. The molecule has 0 spiro atoms. The topological polar surface area (TPSA) is 58.4 Å². The van der Waals surface area contributed by atoms with Crippen molar-refractivity contribution in [2.75, 3.05) is 18.0 Å². The fraction of sp³-hybridized carbons (Fsp3) is 0.533. The molecule has 1 aromatic carbocycles. The lowest BCUT2D eigenvalue weighted by molar-refractivity contribution is -0.122.